The average molecular weight is 423 g/mol. The molecule has 0 amide bonds. The monoisotopic (exact) mass is 422 g/mol. The fraction of sp³-hybridized carbons (Fsp3) is 0.444. The SMILES string of the molecule is N#Cc1c2c(c(N)c3c1CCC3)CCC2.N#Cc1c2c(c(N=C=O)c3c1CCC3)CCC2. The first-order valence-electron chi connectivity index (χ1n) is 11.7. The maximum absolute atomic E-state index is 10.6. The lowest BCUT2D eigenvalue weighted by Crippen LogP contribution is -2.03. The third-order valence-corrected chi connectivity index (χ3v) is 7.68. The fourth-order valence-corrected chi connectivity index (χ4v) is 6.37. The second-order valence-corrected chi connectivity index (χ2v) is 9.18. The van der Waals surface area contributed by atoms with Crippen LogP contribution >= 0.6 is 0 Å². The molecule has 6 rings (SSSR count). The molecule has 5 nitrogen and oxygen atoms in total. The van der Waals surface area contributed by atoms with E-state index in [0.29, 0.717) is 0 Å². The van der Waals surface area contributed by atoms with Crippen LogP contribution in [0.4, 0.5) is 11.4 Å². The molecule has 0 unspecified atom stereocenters. The van der Waals surface area contributed by atoms with E-state index in [4.69, 9.17) is 5.73 Å². The van der Waals surface area contributed by atoms with Crippen molar-refractivity contribution in [3.8, 4) is 12.1 Å². The summed E-state index contributed by atoms with van der Waals surface area (Å²) in [6.45, 7) is 0. The molecule has 0 bridgehead atoms. The molecule has 0 spiro atoms. The number of hydrogen-bond donors (Lipinski definition) is 1. The minimum atomic E-state index is 0.832. The van der Waals surface area contributed by atoms with Crippen LogP contribution < -0.4 is 5.73 Å². The topological polar surface area (TPSA) is 103 Å². The van der Waals surface area contributed by atoms with Gasteiger partial charge in [-0.05, 0) is 122 Å². The van der Waals surface area contributed by atoms with E-state index in [0.717, 1.165) is 122 Å². The standard InChI is InChI=1S/C14H12N2O.C13H14N2/c15-7-13-9-3-1-5-11(9)14(16-8-17)12-6-2-4-10(12)13;14-7-12-8-3-1-5-10(8)13(15)11-6-2-4-9(11)12/h1-6H2;1-6,15H2. The van der Waals surface area contributed by atoms with Gasteiger partial charge >= 0.3 is 0 Å². The molecule has 5 heteroatoms. The van der Waals surface area contributed by atoms with Crippen molar-refractivity contribution in [1.82, 2.24) is 0 Å². The largest absolute Gasteiger partial charge is 0.398 e. The summed E-state index contributed by atoms with van der Waals surface area (Å²) in [6.07, 6.45) is 14.2. The van der Waals surface area contributed by atoms with E-state index in [9.17, 15) is 15.3 Å². The van der Waals surface area contributed by atoms with E-state index in [-0.39, 0.29) is 0 Å². The molecule has 160 valence electrons. The summed E-state index contributed by atoms with van der Waals surface area (Å²) in [4.78, 5) is 14.5. The van der Waals surface area contributed by atoms with Crippen molar-refractivity contribution in [2.45, 2.75) is 77.0 Å². The lowest BCUT2D eigenvalue weighted by Gasteiger charge is -2.13. The molecule has 0 saturated heterocycles. The second-order valence-electron chi connectivity index (χ2n) is 9.18. The normalized spacial score (nSPS) is 16.6. The van der Waals surface area contributed by atoms with Crippen LogP contribution in [0.5, 0.6) is 0 Å². The Morgan fingerprint density at radius 1 is 0.594 bits per heavy atom. The summed E-state index contributed by atoms with van der Waals surface area (Å²) in [5, 5.41) is 18.6. The van der Waals surface area contributed by atoms with Crippen molar-refractivity contribution >= 4 is 17.5 Å². The number of nitrogens with zero attached hydrogens (tertiary/aromatic N) is 3. The van der Waals surface area contributed by atoms with Crippen LogP contribution in [0.2, 0.25) is 0 Å². The number of carbonyl (C=O) groups excluding carboxylic acids is 1. The lowest BCUT2D eigenvalue weighted by molar-refractivity contribution is 0.565. The van der Waals surface area contributed by atoms with E-state index in [2.05, 4.69) is 17.1 Å². The Kier molecular flexibility index (Phi) is 5.30. The highest BCUT2D eigenvalue weighted by molar-refractivity contribution is 5.71. The Balaban J connectivity index is 0.000000136. The van der Waals surface area contributed by atoms with Crippen molar-refractivity contribution in [3.05, 3.63) is 55.6 Å². The highest BCUT2D eigenvalue weighted by Gasteiger charge is 2.29. The summed E-state index contributed by atoms with van der Waals surface area (Å²) in [6, 6.07) is 4.76. The molecule has 0 radical (unpaired) electrons. The number of nitrogens with two attached hydrogens (primary N) is 1. The molecule has 0 heterocycles. The number of anilines is 1. The van der Waals surface area contributed by atoms with Gasteiger partial charge in [-0.3, -0.25) is 0 Å². The first-order valence-corrected chi connectivity index (χ1v) is 11.7. The van der Waals surface area contributed by atoms with Gasteiger partial charge in [0.2, 0.25) is 6.08 Å². The smallest absolute Gasteiger partial charge is 0.240 e. The minimum absolute atomic E-state index is 0.832. The van der Waals surface area contributed by atoms with E-state index in [1.54, 1.807) is 6.08 Å². The van der Waals surface area contributed by atoms with Crippen molar-refractivity contribution in [2.24, 2.45) is 4.99 Å². The number of nitrogen functional groups attached to an aromatic ring is 1. The molecule has 2 aromatic rings. The Hall–Kier alpha value is -3.40. The molecule has 2 N–H and O–H groups in total. The Bertz CT molecular complexity index is 1200. The summed E-state index contributed by atoms with van der Waals surface area (Å²) in [7, 11) is 0. The third-order valence-electron chi connectivity index (χ3n) is 7.68. The van der Waals surface area contributed by atoms with Gasteiger partial charge in [0, 0.05) is 5.69 Å². The maximum Gasteiger partial charge on any atom is 0.240 e. The number of fused-ring (bicyclic) bond motifs is 4. The molecule has 4 aliphatic carbocycles. The molecular weight excluding hydrogens is 396 g/mol. The quantitative estimate of drug-likeness (QED) is 0.411. The van der Waals surface area contributed by atoms with Gasteiger partial charge in [0.15, 0.2) is 0 Å². The molecular formula is C27H26N4O. The molecule has 2 aromatic carbocycles. The third kappa shape index (κ3) is 3.05. The number of aliphatic imine (C=N–C) groups is 1. The average Bonchev–Trinajstić information content (AvgIpc) is 3.61. The van der Waals surface area contributed by atoms with Gasteiger partial charge in [-0.15, -0.1) is 0 Å². The van der Waals surface area contributed by atoms with E-state index >= 15 is 0 Å². The number of isocyanates is 1. The number of rotatable bonds is 1. The van der Waals surface area contributed by atoms with Crippen LogP contribution in [0.1, 0.15) is 81.3 Å². The van der Waals surface area contributed by atoms with Crippen LogP contribution in [0.25, 0.3) is 0 Å². The van der Waals surface area contributed by atoms with Crippen LogP contribution in [0.3, 0.4) is 0 Å². The van der Waals surface area contributed by atoms with Crippen molar-refractivity contribution in [1.29, 1.82) is 10.5 Å². The second kappa shape index (κ2) is 8.27. The summed E-state index contributed by atoms with van der Waals surface area (Å²) < 4.78 is 0. The number of benzene rings is 2. The van der Waals surface area contributed by atoms with E-state index in [1.807, 2.05) is 0 Å². The first-order chi connectivity index (χ1) is 15.7. The van der Waals surface area contributed by atoms with Gasteiger partial charge in [-0.25, -0.2) is 4.79 Å². The lowest BCUT2D eigenvalue weighted by atomic mass is 9.93. The molecule has 0 atom stereocenters. The Morgan fingerprint density at radius 2 is 0.938 bits per heavy atom. The van der Waals surface area contributed by atoms with Crippen molar-refractivity contribution in [3.63, 3.8) is 0 Å². The van der Waals surface area contributed by atoms with Crippen LogP contribution in [-0.2, 0) is 56.2 Å². The summed E-state index contributed by atoms with van der Waals surface area (Å²) in [5.74, 6) is 0. The summed E-state index contributed by atoms with van der Waals surface area (Å²) in [5.41, 5.74) is 19.5. The van der Waals surface area contributed by atoms with Crippen LogP contribution in [0.15, 0.2) is 4.99 Å². The van der Waals surface area contributed by atoms with Crippen LogP contribution in [0, 0.1) is 22.7 Å². The molecule has 0 aliphatic heterocycles. The van der Waals surface area contributed by atoms with Gasteiger partial charge in [-0.2, -0.15) is 15.5 Å². The zero-order valence-electron chi connectivity index (χ0n) is 18.3. The van der Waals surface area contributed by atoms with Gasteiger partial charge in [-0.1, -0.05) is 0 Å². The number of hydrogen-bond acceptors (Lipinski definition) is 5. The van der Waals surface area contributed by atoms with Gasteiger partial charge in [0.05, 0.1) is 29.0 Å². The minimum Gasteiger partial charge on any atom is -0.398 e. The maximum atomic E-state index is 10.6. The molecule has 0 fully saturated rings. The van der Waals surface area contributed by atoms with Gasteiger partial charge < -0.3 is 5.73 Å². The van der Waals surface area contributed by atoms with E-state index in [1.165, 1.54) is 22.3 Å². The zero-order chi connectivity index (χ0) is 22.2. The van der Waals surface area contributed by atoms with Gasteiger partial charge in [0.1, 0.15) is 0 Å². The van der Waals surface area contributed by atoms with Crippen molar-refractivity contribution in [2.75, 3.05) is 5.73 Å². The molecule has 32 heavy (non-hydrogen) atoms. The Labute approximate surface area is 188 Å². The first kappa shape index (κ1) is 20.5. The zero-order valence-corrected chi connectivity index (χ0v) is 18.3. The molecule has 4 aliphatic rings. The Morgan fingerprint density at radius 3 is 1.31 bits per heavy atom. The predicted molar refractivity (Wildman–Crippen MR) is 123 cm³/mol. The fourth-order valence-electron chi connectivity index (χ4n) is 6.37. The summed E-state index contributed by atoms with van der Waals surface area (Å²) >= 11 is 0. The highest BCUT2D eigenvalue weighted by Crippen LogP contribution is 2.43. The highest BCUT2D eigenvalue weighted by atomic mass is 16.1. The van der Waals surface area contributed by atoms with E-state index < -0.39 is 0 Å². The molecule has 0 aromatic heterocycles. The number of nitriles is 2. The molecule has 0 saturated carbocycles. The van der Waals surface area contributed by atoms with Gasteiger partial charge in [0.25, 0.3) is 0 Å². The van der Waals surface area contributed by atoms with Crippen LogP contribution in [-0.4, -0.2) is 6.08 Å². The predicted octanol–water partition coefficient (Wildman–Crippen LogP) is 4.62. The van der Waals surface area contributed by atoms with Crippen molar-refractivity contribution < 1.29 is 4.79 Å².